The van der Waals surface area contributed by atoms with Crippen LogP contribution in [0.15, 0.2) is 54.6 Å². The summed E-state index contributed by atoms with van der Waals surface area (Å²) in [6, 6.07) is 10.1. The van der Waals surface area contributed by atoms with Crippen molar-refractivity contribution >= 4 is 46.0 Å². The Hall–Kier alpha value is -3.43. The summed E-state index contributed by atoms with van der Waals surface area (Å²) in [7, 11) is 0. The second-order valence-corrected chi connectivity index (χ2v) is 7.67. The van der Waals surface area contributed by atoms with E-state index in [1.165, 1.54) is 24.3 Å². The Balaban J connectivity index is 1.99. The Labute approximate surface area is 192 Å². The lowest BCUT2D eigenvalue weighted by molar-refractivity contribution is -0.137. The van der Waals surface area contributed by atoms with Gasteiger partial charge in [-0.15, -0.1) is 0 Å². The number of hydrogen-bond donors (Lipinski definition) is 1. The van der Waals surface area contributed by atoms with E-state index in [-0.39, 0.29) is 32.7 Å². The van der Waals surface area contributed by atoms with Gasteiger partial charge >= 0.3 is 12.1 Å². The molecule has 0 unspecified atom stereocenters. The predicted octanol–water partition coefficient (Wildman–Crippen LogP) is 6.55. The molecule has 0 atom stereocenters. The van der Waals surface area contributed by atoms with Crippen molar-refractivity contribution in [1.29, 1.82) is 0 Å². The van der Waals surface area contributed by atoms with Gasteiger partial charge in [-0.3, -0.25) is 4.79 Å². The first-order valence-corrected chi connectivity index (χ1v) is 9.87. The van der Waals surface area contributed by atoms with Gasteiger partial charge in [0.1, 0.15) is 11.5 Å². The fourth-order valence-corrected chi connectivity index (χ4v) is 3.92. The zero-order valence-corrected chi connectivity index (χ0v) is 17.6. The number of nitrogens with zero attached hydrogens (tertiary/aromatic N) is 2. The van der Waals surface area contributed by atoms with E-state index >= 15 is 0 Å². The number of rotatable bonds is 3. The van der Waals surface area contributed by atoms with Crippen LogP contribution < -0.4 is 0 Å². The highest BCUT2D eigenvalue weighted by Crippen LogP contribution is 2.38. The van der Waals surface area contributed by atoms with E-state index in [4.69, 9.17) is 28.3 Å². The number of carboxylic acid groups (broad SMARTS) is 1. The van der Waals surface area contributed by atoms with Crippen LogP contribution in [-0.4, -0.2) is 26.8 Å². The molecule has 0 spiro atoms. The molecular formula is C22H10Cl2F4N2O3. The Morgan fingerprint density at radius 3 is 2.30 bits per heavy atom. The number of alkyl halides is 3. The SMILES string of the molecule is O=C(O)c1ccc(-c2nn(C(=O)c3c(Cl)cccc3C(F)(F)F)c3cccc(F)c23)c(Cl)c1. The molecule has 4 aromatic rings. The van der Waals surface area contributed by atoms with E-state index in [0.29, 0.717) is 10.7 Å². The van der Waals surface area contributed by atoms with E-state index in [1.807, 2.05) is 0 Å². The third-order valence-electron chi connectivity index (χ3n) is 4.85. The number of carbonyl (C=O) groups excluding carboxylic acids is 1. The van der Waals surface area contributed by atoms with E-state index in [1.54, 1.807) is 0 Å². The third-order valence-corrected chi connectivity index (χ3v) is 5.48. The first kappa shape index (κ1) is 22.8. The van der Waals surface area contributed by atoms with Gasteiger partial charge in [0.05, 0.1) is 37.6 Å². The maximum Gasteiger partial charge on any atom is 0.417 e. The van der Waals surface area contributed by atoms with Gasteiger partial charge in [0, 0.05) is 5.56 Å². The molecule has 5 nitrogen and oxygen atoms in total. The van der Waals surface area contributed by atoms with E-state index < -0.39 is 40.0 Å². The normalized spacial score (nSPS) is 11.7. The fourth-order valence-electron chi connectivity index (χ4n) is 3.39. The topological polar surface area (TPSA) is 72.2 Å². The maximum atomic E-state index is 14.8. The molecule has 0 saturated heterocycles. The summed E-state index contributed by atoms with van der Waals surface area (Å²) in [6.45, 7) is 0. The predicted molar refractivity (Wildman–Crippen MR) is 113 cm³/mol. The molecule has 0 amide bonds. The molecule has 0 aliphatic rings. The smallest absolute Gasteiger partial charge is 0.417 e. The number of aromatic carboxylic acids is 1. The average molecular weight is 497 g/mol. The summed E-state index contributed by atoms with van der Waals surface area (Å²) in [4.78, 5) is 24.4. The summed E-state index contributed by atoms with van der Waals surface area (Å²) < 4.78 is 56.0. The van der Waals surface area contributed by atoms with Crippen molar-refractivity contribution in [3.63, 3.8) is 0 Å². The largest absolute Gasteiger partial charge is 0.478 e. The molecule has 1 aromatic heterocycles. The van der Waals surface area contributed by atoms with E-state index in [0.717, 1.165) is 24.3 Å². The van der Waals surface area contributed by atoms with E-state index in [2.05, 4.69) is 5.10 Å². The van der Waals surface area contributed by atoms with Crippen molar-refractivity contribution in [2.24, 2.45) is 0 Å². The Kier molecular flexibility index (Phi) is 5.63. The maximum absolute atomic E-state index is 14.8. The van der Waals surface area contributed by atoms with E-state index in [9.17, 15) is 27.2 Å². The molecule has 4 rings (SSSR count). The number of benzene rings is 3. The second kappa shape index (κ2) is 8.17. The van der Waals surface area contributed by atoms with Crippen LogP contribution in [0.25, 0.3) is 22.2 Å². The summed E-state index contributed by atoms with van der Waals surface area (Å²) in [5, 5.41) is 12.4. The number of fused-ring (bicyclic) bond motifs is 1. The monoisotopic (exact) mass is 496 g/mol. The van der Waals surface area contributed by atoms with Crippen LogP contribution in [0.1, 0.15) is 26.3 Å². The minimum atomic E-state index is -4.89. The van der Waals surface area contributed by atoms with Gasteiger partial charge in [-0.1, -0.05) is 41.4 Å². The lowest BCUT2D eigenvalue weighted by Crippen LogP contribution is -2.20. The molecule has 0 aliphatic carbocycles. The third kappa shape index (κ3) is 3.94. The minimum absolute atomic E-state index is 0.0820. The first-order valence-electron chi connectivity index (χ1n) is 9.11. The molecule has 168 valence electrons. The number of halogens is 6. The van der Waals surface area contributed by atoms with Crippen molar-refractivity contribution in [2.75, 3.05) is 0 Å². The zero-order chi connectivity index (χ0) is 24.1. The highest BCUT2D eigenvalue weighted by atomic mass is 35.5. The summed E-state index contributed by atoms with van der Waals surface area (Å²) in [6.07, 6.45) is -4.89. The Bertz CT molecular complexity index is 1450. The second-order valence-electron chi connectivity index (χ2n) is 6.86. The van der Waals surface area contributed by atoms with Gasteiger partial charge in [-0.2, -0.15) is 23.0 Å². The van der Waals surface area contributed by atoms with Crippen LogP contribution in [0.4, 0.5) is 17.6 Å². The van der Waals surface area contributed by atoms with Gasteiger partial charge < -0.3 is 5.11 Å². The molecule has 0 aliphatic heterocycles. The van der Waals surface area contributed by atoms with Crippen LogP contribution >= 0.6 is 23.2 Å². The zero-order valence-electron chi connectivity index (χ0n) is 16.1. The minimum Gasteiger partial charge on any atom is -0.478 e. The molecule has 33 heavy (non-hydrogen) atoms. The number of carbonyl (C=O) groups is 2. The molecule has 0 bridgehead atoms. The first-order chi connectivity index (χ1) is 15.5. The number of aromatic nitrogens is 2. The highest BCUT2D eigenvalue weighted by molar-refractivity contribution is 6.35. The van der Waals surface area contributed by atoms with Gasteiger partial charge in [0.15, 0.2) is 0 Å². The van der Waals surface area contributed by atoms with Crippen molar-refractivity contribution in [1.82, 2.24) is 9.78 Å². The molecular weight excluding hydrogens is 487 g/mol. The van der Waals surface area contributed by atoms with Crippen LogP contribution in [0.3, 0.4) is 0 Å². The quantitative estimate of drug-likeness (QED) is 0.326. The highest BCUT2D eigenvalue weighted by Gasteiger charge is 2.37. The molecule has 3 aromatic carbocycles. The molecule has 1 N–H and O–H groups in total. The fraction of sp³-hybridized carbons (Fsp3) is 0.0455. The Morgan fingerprint density at radius 1 is 0.970 bits per heavy atom. The van der Waals surface area contributed by atoms with Crippen LogP contribution in [-0.2, 0) is 6.18 Å². The van der Waals surface area contributed by atoms with Gasteiger partial charge in [0.2, 0.25) is 0 Å². The van der Waals surface area contributed by atoms with Gasteiger partial charge in [-0.25, -0.2) is 9.18 Å². The lowest BCUT2D eigenvalue weighted by atomic mass is 10.0. The van der Waals surface area contributed by atoms with Crippen molar-refractivity contribution < 1.29 is 32.3 Å². The van der Waals surface area contributed by atoms with Crippen LogP contribution in [0.5, 0.6) is 0 Å². The lowest BCUT2D eigenvalue weighted by Gasteiger charge is -2.13. The van der Waals surface area contributed by atoms with Crippen molar-refractivity contribution in [2.45, 2.75) is 6.18 Å². The Morgan fingerprint density at radius 2 is 1.67 bits per heavy atom. The molecule has 0 fully saturated rings. The molecule has 0 saturated carbocycles. The van der Waals surface area contributed by atoms with Gasteiger partial charge in [0.25, 0.3) is 5.91 Å². The van der Waals surface area contributed by atoms with Gasteiger partial charge in [-0.05, 0) is 36.4 Å². The van der Waals surface area contributed by atoms with Crippen LogP contribution in [0, 0.1) is 5.82 Å². The summed E-state index contributed by atoms with van der Waals surface area (Å²) >= 11 is 12.1. The standard InChI is InChI=1S/C22H10Cl2F4N2O3/c23-13-4-1-3-12(22(26,27)28)17(13)20(31)30-16-6-2-5-15(25)18(16)19(29-30)11-8-7-10(21(32)33)9-14(11)24/h1-9H,(H,32,33). The summed E-state index contributed by atoms with van der Waals surface area (Å²) in [5.41, 5.74) is -2.46. The molecule has 0 radical (unpaired) electrons. The number of hydrogen-bond acceptors (Lipinski definition) is 3. The van der Waals surface area contributed by atoms with Crippen LogP contribution in [0.2, 0.25) is 10.0 Å². The van der Waals surface area contributed by atoms with Crippen molar-refractivity contribution in [3.05, 3.63) is 87.2 Å². The van der Waals surface area contributed by atoms with Crippen molar-refractivity contribution in [3.8, 4) is 11.3 Å². The number of carboxylic acids is 1. The average Bonchev–Trinajstić information content (AvgIpc) is 3.13. The molecule has 11 heteroatoms. The summed E-state index contributed by atoms with van der Waals surface area (Å²) in [5.74, 6) is -3.29. The molecule has 1 heterocycles.